The Morgan fingerprint density at radius 1 is 0.966 bits per heavy atom. The highest BCUT2D eigenvalue weighted by atomic mass is 16.3. The van der Waals surface area contributed by atoms with Crippen LogP contribution < -0.4 is 10.6 Å². The lowest BCUT2D eigenvalue weighted by atomic mass is 10.1. The van der Waals surface area contributed by atoms with Gasteiger partial charge in [0.2, 0.25) is 5.95 Å². The summed E-state index contributed by atoms with van der Waals surface area (Å²) < 4.78 is 0. The Morgan fingerprint density at radius 3 is 2.83 bits per heavy atom. The molecule has 5 rings (SSSR count). The first-order chi connectivity index (χ1) is 14.3. The number of aromatic amines is 2. The van der Waals surface area contributed by atoms with Crippen LogP contribution in [0.5, 0.6) is 0 Å². The highest BCUT2D eigenvalue weighted by molar-refractivity contribution is 5.81. The second-order valence-electron chi connectivity index (χ2n) is 6.72. The highest BCUT2D eigenvalue weighted by Gasteiger charge is 2.05. The molecule has 3 heterocycles. The van der Waals surface area contributed by atoms with E-state index in [-0.39, 0.29) is 6.61 Å². The predicted octanol–water partition coefficient (Wildman–Crippen LogP) is 3.68. The quantitative estimate of drug-likeness (QED) is 0.305. The molecule has 2 aromatic carbocycles. The standard InChI is InChI=1S/C21H19N7O/c29-12-20-26-17-4-2-15(10-18(17)27-20)25-19-6-8-23-21(28-19)24-11-13-1-3-16-14(9-13)5-7-22-16/h1-10,22,29H,11-12H2,(H,26,27)(H2,23,24,25,28). The van der Waals surface area contributed by atoms with Gasteiger partial charge in [0.1, 0.15) is 18.2 Å². The number of hydrogen-bond acceptors (Lipinski definition) is 6. The summed E-state index contributed by atoms with van der Waals surface area (Å²) in [7, 11) is 0. The van der Waals surface area contributed by atoms with Crippen molar-refractivity contribution < 1.29 is 5.11 Å². The van der Waals surface area contributed by atoms with Crippen LogP contribution in [0.15, 0.2) is 60.9 Å². The van der Waals surface area contributed by atoms with Crippen LogP contribution in [-0.2, 0) is 13.2 Å². The van der Waals surface area contributed by atoms with E-state index in [0.29, 0.717) is 24.1 Å². The monoisotopic (exact) mass is 385 g/mol. The molecule has 0 spiro atoms. The largest absolute Gasteiger partial charge is 0.388 e. The maximum Gasteiger partial charge on any atom is 0.224 e. The second kappa shape index (κ2) is 7.25. The van der Waals surface area contributed by atoms with Gasteiger partial charge < -0.3 is 25.7 Å². The first kappa shape index (κ1) is 17.2. The number of aromatic nitrogens is 5. The van der Waals surface area contributed by atoms with Crippen molar-refractivity contribution in [1.82, 2.24) is 24.9 Å². The highest BCUT2D eigenvalue weighted by Crippen LogP contribution is 2.21. The molecule has 0 saturated carbocycles. The van der Waals surface area contributed by atoms with Gasteiger partial charge in [0.15, 0.2) is 0 Å². The zero-order valence-electron chi connectivity index (χ0n) is 15.5. The minimum absolute atomic E-state index is 0.116. The normalized spacial score (nSPS) is 11.2. The van der Waals surface area contributed by atoms with Crippen LogP contribution in [0.3, 0.4) is 0 Å². The van der Waals surface area contributed by atoms with Gasteiger partial charge in [-0.1, -0.05) is 6.07 Å². The third-order valence-corrected chi connectivity index (χ3v) is 4.68. The molecule has 0 amide bonds. The van der Waals surface area contributed by atoms with E-state index in [4.69, 9.17) is 0 Å². The Bertz CT molecular complexity index is 1290. The minimum atomic E-state index is -0.116. The first-order valence-corrected chi connectivity index (χ1v) is 9.26. The maximum atomic E-state index is 9.21. The lowest BCUT2D eigenvalue weighted by molar-refractivity contribution is 0.273. The summed E-state index contributed by atoms with van der Waals surface area (Å²) in [6, 6.07) is 15.9. The fourth-order valence-electron chi connectivity index (χ4n) is 3.27. The average Bonchev–Trinajstić information content (AvgIpc) is 3.38. The number of rotatable bonds is 6. The molecule has 8 heteroatoms. The van der Waals surface area contributed by atoms with Gasteiger partial charge in [-0.25, -0.2) is 9.97 Å². The Morgan fingerprint density at radius 2 is 1.90 bits per heavy atom. The van der Waals surface area contributed by atoms with Crippen molar-refractivity contribution in [2.45, 2.75) is 13.2 Å². The molecule has 8 nitrogen and oxygen atoms in total. The Hall–Kier alpha value is -3.91. The molecule has 0 saturated heterocycles. The third kappa shape index (κ3) is 3.61. The number of anilines is 3. The minimum Gasteiger partial charge on any atom is -0.388 e. The number of aliphatic hydroxyl groups is 1. The van der Waals surface area contributed by atoms with E-state index in [1.165, 1.54) is 5.39 Å². The molecule has 3 aromatic heterocycles. The number of benzene rings is 2. The van der Waals surface area contributed by atoms with E-state index in [0.717, 1.165) is 27.8 Å². The molecule has 0 fully saturated rings. The number of nitrogens with one attached hydrogen (secondary N) is 4. The SMILES string of the molecule is OCc1nc2cc(Nc3ccnc(NCc4ccc5[nH]ccc5c4)n3)ccc2[nH]1. The molecule has 0 radical (unpaired) electrons. The van der Waals surface area contributed by atoms with Gasteiger partial charge in [0, 0.05) is 30.1 Å². The van der Waals surface area contributed by atoms with Gasteiger partial charge in [-0.05, 0) is 53.4 Å². The molecule has 0 unspecified atom stereocenters. The fourth-order valence-corrected chi connectivity index (χ4v) is 3.27. The summed E-state index contributed by atoms with van der Waals surface area (Å²) in [4.78, 5) is 19.4. The number of aliphatic hydroxyl groups excluding tert-OH is 1. The number of hydrogen-bond donors (Lipinski definition) is 5. The Labute approximate surface area is 166 Å². The third-order valence-electron chi connectivity index (χ3n) is 4.68. The number of H-pyrrole nitrogens is 2. The molecule has 0 atom stereocenters. The summed E-state index contributed by atoms with van der Waals surface area (Å²) in [5.41, 5.74) is 4.80. The lowest BCUT2D eigenvalue weighted by Gasteiger charge is -2.09. The predicted molar refractivity (Wildman–Crippen MR) is 113 cm³/mol. The summed E-state index contributed by atoms with van der Waals surface area (Å²) in [6.07, 6.45) is 3.65. The second-order valence-corrected chi connectivity index (χ2v) is 6.72. The van der Waals surface area contributed by atoms with Crippen molar-refractivity contribution in [1.29, 1.82) is 0 Å². The summed E-state index contributed by atoms with van der Waals surface area (Å²) in [5, 5.41) is 16.9. The van der Waals surface area contributed by atoms with Crippen molar-refractivity contribution in [3.63, 3.8) is 0 Å². The molecule has 0 bridgehead atoms. The Kier molecular flexibility index (Phi) is 4.30. The molecular formula is C21H19N7O. The van der Waals surface area contributed by atoms with Crippen LogP contribution in [0.25, 0.3) is 21.9 Å². The number of nitrogens with zero attached hydrogens (tertiary/aromatic N) is 3. The van der Waals surface area contributed by atoms with Crippen molar-refractivity contribution in [3.05, 3.63) is 72.3 Å². The Balaban J connectivity index is 1.30. The molecular weight excluding hydrogens is 366 g/mol. The molecule has 0 aliphatic heterocycles. The fraction of sp³-hybridized carbons (Fsp3) is 0.0952. The maximum absolute atomic E-state index is 9.21. The summed E-state index contributed by atoms with van der Waals surface area (Å²) in [5.74, 6) is 1.77. The van der Waals surface area contributed by atoms with Gasteiger partial charge in [0.05, 0.1) is 11.0 Å². The van der Waals surface area contributed by atoms with E-state index < -0.39 is 0 Å². The molecule has 0 aliphatic carbocycles. The molecule has 0 aliphatic rings. The zero-order valence-corrected chi connectivity index (χ0v) is 15.5. The van der Waals surface area contributed by atoms with Gasteiger partial charge in [0.25, 0.3) is 0 Å². The van der Waals surface area contributed by atoms with Gasteiger partial charge in [-0.3, -0.25) is 0 Å². The van der Waals surface area contributed by atoms with Gasteiger partial charge in [-0.15, -0.1) is 0 Å². The zero-order chi connectivity index (χ0) is 19.6. The van der Waals surface area contributed by atoms with Gasteiger partial charge >= 0.3 is 0 Å². The molecule has 29 heavy (non-hydrogen) atoms. The summed E-state index contributed by atoms with van der Waals surface area (Å²) in [6.45, 7) is 0.517. The topological polar surface area (TPSA) is 115 Å². The first-order valence-electron chi connectivity index (χ1n) is 9.26. The molecule has 144 valence electrons. The van der Waals surface area contributed by atoms with Crippen LogP contribution in [0.2, 0.25) is 0 Å². The number of fused-ring (bicyclic) bond motifs is 2. The van der Waals surface area contributed by atoms with Crippen molar-refractivity contribution in [2.75, 3.05) is 10.6 Å². The van der Waals surface area contributed by atoms with E-state index in [1.807, 2.05) is 30.5 Å². The average molecular weight is 385 g/mol. The lowest BCUT2D eigenvalue weighted by Crippen LogP contribution is -2.05. The van der Waals surface area contributed by atoms with Crippen LogP contribution in [-0.4, -0.2) is 30.0 Å². The molecule has 5 N–H and O–H groups in total. The molecule has 5 aromatic rings. The smallest absolute Gasteiger partial charge is 0.224 e. The van der Waals surface area contributed by atoms with Crippen LogP contribution in [0.1, 0.15) is 11.4 Å². The van der Waals surface area contributed by atoms with Gasteiger partial charge in [-0.2, -0.15) is 4.98 Å². The number of imidazole rings is 1. The van der Waals surface area contributed by atoms with Crippen molar-refractivity contribution in [3.8, 4) is 0 Å². The van der Waals surface area contributed by atoms with Crippen molar-refractivity contribution in [2.24, 2.45) is 0 Å². The van der Waals surface area contributed by atoms with Crippen LogP contribution in [0, 0.1) is 0 Å². The van der Waals surface area contributed by atoms with E-state index in [1.54, 1.807) is 6.20 Å². The van der Waals surface area contributed by atoms with E-state index in [9.17, 15) is 5.11 Å². The van der Waals surface area contributed by atoms with E-state index >= 15 is 0 Å². The van der Waals surface area contributed by atoms with Crippen molar-refractivity contribution >= 4 is 39.4 Å². The van der Waals surface area contributed by atoms with Crippen LogP contribution >= 0.6 is 0 Å². The van der Waals surface area contributed by atoms with E-state index in [2.05, 4.69) is 59.8 Å². The van der Waals surface area contributed by atoms with Crippen LogP contribution in [0.4, 0.5) is 17.5 Å². The summed E-state index contributed by atoms with van der Waals surface area (Å²) >= 11 is 0.